The van der Waals surface area contributed by atoms with E-state index in [1.165, 1.54) is 33.0 Å². The summed E-state index contributed by atoms with van der Waals surface area (Å²) in [5, 5.41) is 2.48. The maximum absolute atomic E-state index is 6.62. The summed E-state index contributed by atoms with van der Waals surface area (Å²) < 4.78 is 1.09. The van der Waals surface area contributed by atoms with Crippen molar-refractivity contribution in [2.45, 2.75) is 19.9 Å². The molecule has 3 rings (SSSR count). The van der Waals surface area contributed by atoms with E-state index in [4.69, 9.17) is 5.73 Å². The molecule has 3 aromatic carbocycles. The van der Waals surface area contributed by atoms with Gasteiger partial charge in [0.15, 0.2) is 0 Å². The first-order valence-corrected chi connectivity index (χ1v) is 7.87. The number of hydrogen-bond donors (Lipinski definition) is 1. The van der Waals surface area contributed by atoms with Crippen molar-refractivity contribution in [2.24, 2.45) is 5.73 Å². The van der Waals surface area contributed by atoms with E-state index in [0.717, 1.165) is 4.47 Å². The van der Waals surface area contributed by atoms with E-state index in [2.05, 4.69) is 84.4 Å². The van der Waals surface area contributed by atoms with Gasteiger partial charge in [0.25, 0.3) is 0 Å². The van der Waals surface area contributed by atoms with Crippen LogP contribution in [0.15, 0.2) is 59.1 Å². The topological polar surface area (TPSA) is 26.0 Å². The standard InChI is InChI=1S/C19H18BrN/c1-12-7-8-14-5-3-4-6-17(14)18(12)19(21)16-10-9-15(20)11-13(16)2/h3-11,19H,21H2,1-2H3. The molecule has 0 aliphatic heterocycles. The summed E-state index contributed by atoms with van der Waals surface area (Å²) in [6.07, 6.45) is 0. The Kier molecular flexibility index (Phi) is 3.83. The summed E-state index contributed by atoms with van der Waals surface area (Å²) in [7, 11) is 0. The second-order valence-corrected chi connectivity index (χ2v) is 6.41. The fourth-order valence-electron chi connectivity index (χ4n) is 2.96. The van der Waals surface area contributed by atoms with E-state index in [1.54, 1.807) is 0 Å². The van der Waals surface area contributed by atoms with Crippen LogP contribution in [0.4, 0.5) is 0 Å². The summed E-state index contributed by atoms with van der Waals surface area (Å²) in [6.45, 7) is 4.25. The number of nitrogens with two attached hydrogens (primary N) is 1. The summed E-state index contributed by atoms with van der Waals surface area (Å²) in [4.78, 5) is 0. The monoisotopic (exact) mass is 339 g/mol. The lowest BCUT2D eigenvalue weighted by atomic mass is 9.89. The molecule has 0 amide bonds. The molecule has 2 N–H and O–H groups in total. The molecule has 3 aromatic rings. The number of halogens is 1. The molecule has 21 heavy (non-hydrogen) atoms. The van der Waals surface area contributed by atoms with Crippen LogP contribution in [0.5, 0.6) is 0 Å². The minimum absolute atomic E-state index is 0.107. The number of hydrogen-bond acceptors (Lipinski definition) is 1. The number of aryl methyl sites for hydroxylation is 2. The van der Waals surface area contributed by atoms with Gasteiger partial charge in [-0.1, -0.05) is 58.4 Å². The minimum atomic E-state index is -0.107. The summed E-state index contributed by atoms with van der Waals surface area (Å²) in [5.41, 5.74) is 11.5. The molecule has 1 unspecified atom stereocenters. The van der Waals surface area contributed by atoms with Crippen LogP contribution in [0.1, 0.15) is 28.3 Å². The third-order valence-electron chi connectivity index (χ3n) is 4.07. The average molecular weight is 340 g/mol. The first-order chi connectivity index (χ1) is 10.1. The van der Waals surface area contributed by atoms with Crippen molar-refractivity contribution in [2.75, 3.05) is 0 Å². The average Bonchev–Trinajstić information content (AvgIpc) is 2.46. The smallest absolute Gasteiger partial charge is 0.0563 e. The summed E-state index contributed by atoms with van der Waals surface area (Å²) in [5.74, 6) is 0. The summed E-state index contributed by atoms with van der Waals surface area (Å²) >= 11 is 3.52. The lowest BCUT2D eigenvalue weighted by Crippen LogP contribution is -2.15. The van der Waals surface area contributed by atoms with E-state index < -0.39 is 0 Å². The fraction of sp³-hybridized carbons (Fsp3) is 0.158. The van der Waals surface area contributed by atoms with E-state index in [-0.39, 0.29) is 6.04 Å². The maximum atomic E-state index is 6.62. The van der Waals surface area contributed by atoms with Gasteiger partial charge in [-0.2, -0.15) is 0 Å². The predicted octanol–water partition coefficient (Wildman–Crippen LogP) is 5.27. The normalized spacial score (nSPS) is 12.6. The van der Waals surface area contributed by atoms with Gasteiger partial charge in [0.05, 0.1) is 6.04 Å². The van der Waals surface area contributed by atoms with Crippen LogP contribution in [0.3, 0.4) is 0 Å². The molecule has 106 valence electrons. The number of rotatable bonds is 2. The van der Waals surface area contributed by atoms with Gasteiger partial charge in [-0.15, -0.1) is 0 Å². The molecular formula is C19H18BrN. The Labute approximate surface area is 133 Å². The fourth-order valence-corrected chi connectivity index (χ4v) is 3.44. The Balaban J connectivity index is 2.21. The zero-order valence-corrected chi connectivity index (χ0v) is 13.8. The second kappa shape index (κ2) is 5.63. The van der Waals surface area contributed by atoms with Gasteiger partial charge < -0.3 is 5.73 Å². The third kappa shape index (κ3) is 2.61. The van der Waals surface area contributed by atoms with Crippen LogP contribution in [0, 0.1) is 13.8 Å². The van der Waals surface area contributed by atoms with Gasteiger partial charge >= 0.3 is 0 Å². The highest BCUT2D eigenvalue weighted by Gasteiger charge is 2.16. The van der Waals surface area contributed by atoms with Crippen molar-refractivity contribution < 1.29 is 0 Å². The van der Waals surface area contributed by atoms with Crippen molar-refractivity contribution in [3.05, 3.63) is 81.3 Å². The molecule has 1 nitrogen and oxygen atoms in total. The van der Waals surface area contributed by atoms with Crippen LogP contribution in [-0.2, 0) is 0 Å². The Hall–Kier alpha value is -1.64. The quantitative estimate of drug-likeness (QED) is 0.676. The van der Waals surface area contributed by atoms with Crippen molar-refractivity contribution in [3.8, 4) is 0 Å². The molecule has 1 atom stereocenters. The minimum Gasteiger partial charge on any atom is -0.320 e. The molecule has 0 saturated heterocycles. The van der Waals surface area contributed by atoms with Crippen LogP contribution in [-0.4, -0.2) is 0 Å². The van der Waals surface area contributed by atoms with Crippen LogP contribution in [0.2, 0.25) is 0 Å². The Bertz CT molecular complexity index is 808. The van der Waals surface area contributed by atoms with Crippen molar-refractivity contribution in [3.63, 3.8) is 0 Å². The zero-order chi connectivity index (χ0) is 15.0. The zero-order valence-electron chi connectivity index (χ0n) is 12.2. The molecule has 0 radical (unpaired) electrons. The summed E-state index contributed by atoms with van der Waals surface area (Å²) in [6, 6.07) is 18.9. The van der Waals surface area contributed by atoms with Gasteiger partial charge in [-0.3, -0.25) is 0 Å². The molecular weight excluding hydrogens is 322 g/mol. The van der Waals surface area contributed by atoms with Gasteiger partial charge in [-0.25, -0.2) is 0 Å². The SMILES string of the molecule is Cc1cc(Br)ccc1C(N)c1c(C)ccc2ccccc12. The number of benzene rings is 3. The Morgan fingerprint density at radius 3 is 2.43 bits per heavy atom. The van der Waals surface area contributed by atoms with Crippen LogP contribution >= 0.6 is 15.9 Å². The van der Waals surface area contributed by atoms with E-state index >= 15 is 0 Å². The van der Waals surface area contributed by atoms with Gasteiger partial charge in [0.2, 0.25) is 0 Å². The molecule has 0 heterocycles. The van der Waals surface area contributed by atoms with Gasteiger partial charge in [0.1, 0.15) is 0 Å². The van der Waals surface area contributed by atoms with Crippen LogP contribution in [0.25, 0.3) is 10.8 Å². The maximum Gasteiger partial charge on any atom is 0.0563 e. The molecule has 0 aliphatic rings. The van der Waals surface area contributed by atoms with Crippen molar-refractivity contribution in [1.29, 1.82) is 0 Å². The molecule has 0 saturated carbocycles. The lowest BCUT2D eigenvalue weighted by Gasteiger charge is -2.20. The predicted molar refractivity (Wildman–Crippen MR) is 93.6 cm³/mol. The highest BCUT2D eigenvalue weighted by atomic mass is 79.9. The first-order valence-electron chi connectivity index (χ1n) is 7.08. The molecule has 2 heteroatoms. The highest BCUT2D eigenvalue weighted by Crippen LogP contribution is 2.32. The van der Waals surface area contributed by atoms with Crippen molar-refractivity contribution in [1.82, 2.24) is 0 Å². The largest absolute Gasteiger partial charge is 0.320 e. The first kappa shape index (κ1) is 14.3. The molecule has 0 aliphatic carbocycles. The van der Waals surface area contributed by atoms with Gasteiger partial charge in [0, 0.05) is 4.47 Å². The van der Waals surface area contributed by atoms with E-state index in [0.29, 0.717) is 0 Å². The number of fused-ring (bicyclic) bond motifs is 1. The molecule has 0 fully saturated rings. The van der Waals surface area contributed by atoms with Crippen LogP contribution < -0.4 is 5.73 Å². The third-order valence-corrected chi connectivity index (χ3v) is 4.56. The molecule has 0 aromatic heterocycles. The molecule has 0 spiro atoms. The molecule has 0 bridgehead atoms. The Morgan fingerprint density at radius 2 is 1.67 bits per heavy atom. The van der Waals surface area contributed by atoms with Gasteiger partial charge in [-0.05, 0) is 59.0 Å². The van der Waals surface area contributed by atoms with Crippen molar-refractivity contribution >= 4 is 26.7 Å². The van der Waals surface area contributed by atoms with E-state index in [9.17, 15) is 0 Å². The Morgan fingerprint density at radius 1 is 0.905 bits per heavy atom. The lowest BCUT2D eigenvalue weighted by molar-refractivity contribution is 0.861. The highest BCUT2D eigenvalue weighted by molar-refractivity contribution is 9.10. The second-order valence-electron chi connectivity index (χ2n) is 5.50. The van der Waals surface area contributed by atoms with E-state index in [1.807, 2.05) is 0 Å².